The van der Waals surface area contributed by atoms with Gasteiger partial charge >= 0.3 is 0 Å². The quantitative estimate of drug-likeness (QED) is 0.612. The van der Waals surface area contributed by atoms with Crippen LogP contribution >= 0.6 is 0 Å². The maximum Gasteiger partial charge on any atom is 0.289 e. The predicted octanol–water partition coefficient (Wildman–Crippen LogP) is 1.65. The van der Waals surface area contributed by atoms with E-state index in [4.69, 9.17) is 5.11 Å². The topological polar surface area (TPSA) is 110 Å². The fourth-order valence-electron chi connectivity index (χ4n) is 1.88. The zero-order chi connectivity index (χ0) is 16.4. The van der Waals surface area contributed by atoms with Gasteiger partial charge < -0.3 is 5.11 Å². The van der Waals surface area contributed by atoms with Crippen LogP contribution in [0.5, 0.6) is 0 Å². The first kappa shape index (κ1) is 17.5. The molecule has 0 aromatic heterocycles. The minimum Gasteiger partial charge on any atom is -0.396 e. The van der Waals surface area contributed by atoms with Gasteiger partial charge in [-0.2, -0.15) is 0 Å². The first-order valence-electron chi connectivity index (χ1n) is 6.40. The van der Waals surface area contributed by atoms with Gasteiger partial charge in [0.05, 0.1) is 4.92 Å². The van der Waals surface area contributed by atoms with Crippen molar-refractivity contribution in [1.29, 1.82) is 0 Å². The summed E-state index contributed by atoms with van der Waals surface area (Å²) in [6.07, 6.45) is 0.199. The second kappa shape index (κ2) is 6.08. The smallest absolute Gasteiger partial charge is 0.289 e. The summed E-state index contributed by atoms with van der Waals surface area (Å²) in [5, 5.41) is 20.0. The highest BCUT2D eigenvalue weighted by Crippen LogP contribution is 2.28. The van der Waals surface area contributed by atoms with Crippen molar-refractivity contribution in [3.05, 3.63) is 33.4 Å². The Morgan fingerprint density at radius 3 is 2.29 bits per heavy atom. The van der Waals surface area contributed by atoms with Crippen LogP contribution in [0.4, 0.5) is 5.69 Å². The Morgan fingerprint density at radius 1 is 1.29 bits per heavy atom. The summed E-state index contributed by atoms with van der Waals surface area (Å²) in [5.74, 6) is 0. The lowest BCUT2D eigenvalue weighted by Crippen LogP contribution is -2.44. The molecule has 0 aliphatic heterocycles. The number of benzene rings is 1. The van der Waals surface area contributed by atoms with E-state index in [1.165, 1.54) is 12.1 Å². The molecule has 1 aromatic rings. The van der Waals surface area contributed by atoms with Gasteiger partial charge in [-0.15, -0.1) is 0 Å². The third-order valence-electron chi connectivity index (χ3n) is 3.21. The number of nitro groups is 1. The van der Waals surface area contributed by atoms with Crippen LogP contribution in [0.1, 0.15) is 31.4 Å². The van der Waals surface area contributed by atoms with Gasteiger partial charge in [-0.3, -0.25) is 10.1 Å². The molecule has 8 heteroatoms. The molecule has 118 valence electrons. The van der Waals surface area contributed by atoms with Crippen molar-refractivity contribution in [2.75, 3.05) is 6.61 Å². The summed E-state index contributed by atoms with van der Waals surface area (Å²) in [6, 6.07) is 2.55. The molecule has 0 heterocycles. The standard InChI is InChI=1S/C13H20N2O5S/c1-9-7-11(15(17)18)12(8-10(9)2)21(19,20)14-13(3,4)5-6-16/h7-8,14,16H,5-6H2,1-4H3. The van der Waals surface area contributed by atoms with Gasteiger partial charge in [0.1, 0.15) is 0 Å². The van der Waals surface area contributed by atoms with Gasteiger partial charge in [0.25, 0.3) is 5.69 Å². The van der Waals surface area contributed by atoms with E-state index in [1.54, 1.807) is 27.7 Å². The summed E-state index contributed by atoms with van der Waals surface area (Å²) in [7, 11) is -4.06. The molecule has 0 aliphatic carbocycles. The fourth-order valence-corrected chi connectivity index (χ4v) is 3.56. The molecule has 0 spiro atoms. The van der Waals surface area contributed by atoms with E-state index in [1.807, 2.05) is 0 Å². The number of nitrogens with one attached hydrogen (secondary N) is 1. The molecule has 7 nitrogen and oxygen atoms in total. The van der Waals surface area contributed by atoms with E-state index in [0.29, 0.717) is 11.1 Å². The van der Waals surface area contributed by atoms with Crippen molar-refractivity contribution in [3.63, 3.8) is 0 Å². The number of nitrogens with zero attached hydrogens (tertiary/aromatic N) is 1. The lowest BCUT2D eigenvalue weighted by Gasteiger charge is -2.25. The van der Waals surface area contributed by atoms with Crippen LogP contribution in [0.3, 0.4) is 0 Å². The maximum absolute atomic E-state index is 12.4. The Kier molecular flexibility index (Phi) is 5.08. The van der Waals surface area contributed by atoms with Crippen molar-refractivity contribution < 1.29 is 18.4 Å². The molecule has 1 aromatic carbocycles. The fraction of sp³-hybridized carbons (Fsp3) is 0.538. The summed E-state index contributed by atoms with van der Waals surface area (Å²) < 4.78 is 27.2. The van der Waals surface area contributed by atoms with E-state index >= 15 is 0 Å². The van der Waals surface area contributed by atoms with Crippen LogP contribution in [0, 0.1) is 24.0 Å². The van der Waals surface area contributed by atoms with Crippen molar-refractivity contribution in [1.82, 2.24) is 4.72 Å². The van der Waals surface area contributed by atoms with Crippen LogP contribution < -0.4 is 4.72 Å². The Balaban J connectivity index is 3.38. The normalized spacial score (nSPS) is 12.4. The van der Waals surface area contributed by atoms with Crippen LogP contribution in [0.15, 0.2) is 17.0 Å². The average Bonchev–Trinajstić information content (AvgIpc) is 2.29. The van der Waals surface area contributed by atoms with Gasteiger partial charge in [0, 0.05) is 18.2 Å². The van der Waals surface area contributed by atoms with Crippen LogP contribution in [-0.2, 0) is 10.0 Å². The lowest BCUT2D eigenvalue weighted by molar-refractivity contribution is -0.387. The monoisotopic (exact) mass is 316 g/mol. The predicted molar refractivity (Wildman–Crippen MR) is 78.7 cm³/mol. The number of hydrogen-bond acceptors (Lipinski definition) is 5. The van der Waals surface area contributed by atoms with Gasteiger partial charge in [-0.25, -0.2) is 13.1 Å². The molecule has 21 heavy (non-hydrogen) atoms. The molecule has 0 radical (unpaired) electrons. The molecule has 0 amide bonds. The summed E-state index contributed by atoms with van der Waals surface area (Å²) in [5.41, 5.74) is -0.0538. The third-order valence-corrected chi connectivity index (χ3v) is 4.94. The minimum atomic E-state index is -4.06. The highest BCUT2D eigenvalue weighted by Gasteiger charge is 2.31. The number of aliphatic hydroxyl groups excluding tert-OH is 1. The number of aryl methyl sites for hydroxylation is 2. The largest absolute Gasteiger partial charge is 0.396 e. The molecule has 0 saturated carbocycles. The second-order valence-electron chi connectivity index (χ2n) is 5.62. The molecular weight excluding hydrogens is 296 g/mol. The number of aliphatic hydroxyl groups is 1. The van der Waals surface area contributed by atoms with Crippen LogP contribution in [-0.4, -0.2) is 30.6 Å². The zero-order valence-corrected chi connectivity index (χ0v) is 13.3. The third kappa shape index (κ3) is 4.23. The van der Waals surface area contributed by atoms with Gasteiger partial charge in [0.2, 0.25) is 10.0 Å². The van der Waals surface area contributed by atoms with E-state index in [0.717, 1.165) is 0 Å². The van der Waals surface area contributed by atoms with E-state index in [-0.39, 0.29) is 17.9 Å². The highest BCUT2D eigenvalue weighted by atomic mass is 32.2. The SMILES string of the molecule is Cc1cc([N+](=O)[O-])c(S(=O)(=O)NC(C)(C)CCO)cc1C. The Labute approximate surface area is 124 Å². The van der Waals surface area contributed by atoms with Crippen molar-refractivity contribution in [2.45, 2.75) is 44.6 Å². The summed E-state index contributed by atoms with van der Waals surface area (Å²) in [6.45, 7) is 6.39. The molecular formula is C13H20N2O5S. The average molecular weight is 316 g/mol. The Hall–Kier alpha value is -1.51. The summed E-state index contributed by atoms with van der Waals surface area (Å²) in [4.78, 5) is 10.0. The van der Waals surface area contributed by atoms with Crippen LogP contribution in [0.25, 0.3) is 0 Å². The summed E-state index contributed by atoms with van der Waals surface area (Å²) >= 11 is 0. The molecule has 0 fully saturated rings. The maximum atomic E-state index is 12.4. The molecule has 0 bridgehead atoms. The molecule has 1 rings (SSSR count). The molecule has 2 N–H and O–H groups in total. The number of hydrogen-bond donors (Lipinski definition) is 2. The highest BCUT2D eigenvalue weighted by molar-refractivity contribution is 7.89. The lowest BCUT2D eigenvalue weighted by atomic mass is 10.0. The van der Waals surface area contributed by atoms with E-state index < -0.39 is 26.2 Å². The Bertz CT molecular complexity index is 653. The number of nitro benzene ring substituents is 1. The zero-order valence-electron chi connectivity index (χ0n) is 12.5. The Morgan fingerprint density at radius 2 is 1.81 bits per heavy atom. The molecule has 0 aliphatic rings. The molecule has 0 atom stereocenters. The van der Waals surface area contributed by atoms with Crippen molar-refractivity contribution >= 4 is 15.7 Å². The molecule has 0 unspecified atom stereocenters. The first-order valence-corrected chi connectivity index (χ1v) is 7.89. The minimum absolute atomic E-state index is 0.190. The van der Waals surface area contributed by atoms with Crippen molar-refractivity contribution in [2.24, 2.45) is 0 Å². The van der Waals surface area contributed by atoms with Gasteiger partial charge in [-0.1, -0.05) is 0 Å². The number of rotatable bonds is 6. The van der Waals surface area contributed by atoms with Crippen molar-refractivity contribution in [3.8, 4) is 0 Å². The van der Waals surface area contributed by atoms with Gasteiger partial charge in [-0.05, 0) is 51.3 Å². The molecule has 0 saturated heterocycles. The van der Waals surface area contributed by atoms with E-state index in [2.05, 4.69) is 4.72 Å². The van der Waals surface area contributed by atoms with Crippen LogP contribution in [0.2, 0.25) is 0 Å². The number of sulfonamides is 1. The first-order chi connectivity index (χ1) is 9.50. The second-order valence-corrected chi connectivity index (χ2v) is 7.28. The van der Waals surface area contributed by atoms with E-state index in [9.17, 15) is 18.5 Å². The van der Waals surface area contributed by atoms with Gasteiger partial charge in [0.15, 0.2) is 4.90 Å².